The number of aryl methyl sites for hydroxylation is 1. The maximum absolute atomic E-state index is 9.77. The van der Waals surface area contributed by atoms with E-state index in [0.29, 0.717) is 5.56 Å². The number of nitriles is 1. The number of benzene rings is 3. The molecule has 1 aliphatic heterocycles. The average Bonchev–Trinajstić information content (AvgIpc) is 3.22. The van der Waals surface area contributed by atoms with E-state index in [9.17, 15) is 5.26 Å². The summed E-state index contributed by atoms with van der Waals surface area (Å²) >= 11 is 0. The van der Waals surface area contributed by atoms with Gasteiger partial charge in [-0.3, -0.25) is 0 Å². The van der Waals surface area contributed by atoms with Crippen LogP contribution in [0.4, 0.5) is 0 Å². The zero-order valence-electron chi connectivity index (χ0n) is 13.9. The molecule has 4 heteroatoms. The Morgan fingerprint density at radius 1 is 1.08 bits per heavy atom. The third-order valence-electron chi connectivity index (χ3n) is 4.91. The molecular formula is C21H16N2O2. The summed E-state index contributed by atoms with van der Waals surface area (Å²) in [5.74, 6) is 1.51. The SMILES string of the molecule is CCCn1c2ccccc2c2c(C#N)cc3cc4c(cc3c21)OCO4. The van der Waals surface area contributed by atoms with Crippen LogP contribution in [0.2, 0.25) is 0 Å². The fourth-order valence-corrected chi connectivity index (χ4v) is 3.91. The van der Waals surface area contributed by atoms with E-state index in [0.717, 1.165) is 51.5 Å². The predicted molar refractivity (Wildman–Crippen MR) is 98.1 cm³/mol. The Bertz CT molecular complexity index is 1200. The number of rotatable bonds is 2. The van der Waals surface area contributed by atoms with Crippen LogP contribution in [0.15, 0.2) is 42.5 Å². The first-order valence-electron chi connectivity index (χ1n) is 8.49. The molecule has 25 heavy (non-hydrogen) atoms. The van der Waals surface area contributed by atoms with Crippen molar-refractivity contribution in [3.05, 3.63) is 48.0 Å². The van der Waals surface area contributed by atoms with Crippen LogP contribution in [-0.2, 0) is 6.54 Å². The molecule has 2 heterocycles. The van der Waals surface area contributed by atoms with Crippen molar-refractivity contribution < 1.29 is 9.47 Å². The normalized spacial score (nSPS) is 13.0. The molecule has 1 aliphatic rings. The van der Waals surface area contributed by atoms with Crippen molar-refractivity contribution in [1.82, 2.24) is 4.57 Å². The summed E-state index contributed by atoms with van der Waals surface area (Å²) in [6, 6.07) is 16.7. The summed E-state index contributed by atoms with van der Waals surface area (Å²) in [4.78, 5) is 0. The zero-order chi connectivity index (χ0) is 17.0. The first-order chi connectivity index (χ1) is 12.3. The van der Waals surface area contributed by atoms with Gasteiger partial charge in [0.25, 0.3) is 0 Å². The second kappa shape index (κ2) is 5.15. The van der Waals surface area contributed by atoms with Crippen LogP contribution in [0.1, 0.15) is 18.9 Å². The number of para-hydroxylation sites is 1. The quantitative estimate of drug-likeness (QED) is 0.522. The lowest BCUT2D eigenvalue weighted by Gasteiger charge is -2.09. The van der Waals surface area contributed by atoms with E-state index in [1.165, 1.54) is 5.52 Å². The lowest BCUT2D eigenvalue weighted by atomic mass is 10.00. The highest BCUT2D eigenvalue weighted by molar-refractivity contribution is 6.20. The van der Waals surface area contributed by atoms with Crippen molar-refractivity contribution in [3.8, 4) is 17.6 Å². The molecule has 0 radical (unpaired) electrons. The molecule has 0 saturated heterocycles. The Labute approximate surface area is 144 Å². The molecule has 0 N–H and O–H groups in total. The smallest absolute Gasteiger partial charge is 0.231 e. The summed E-state index contributed by atoms with van der Waals surface area (Å²) in [5, 5.41) is 14.0. The third-order valence-corrected chi connectivity index (χ3v) is 4.91. The maximum Gasteiger partial charge on any atom is 0.231 e. The standard InChI is InChI=1S/C21H16N2O2/c1-2-7-23-17-6-4-3-5-15(17)20-14(11-22)8-13-9-18-19(25-12-24-18)10-16(13)21(20)23/h3-6,8-10H,2,7,12H2,1H3. The molecule has 4 nitrogen and oxygen atoms in total. The van der Waals surface area contributed by atoms with Gasteiger partial charge in [0.2, 0.25) is 6.79 Å². The molecule has 0 spiro atoms. The monoisotopic (exact) mass is 328 g/mol. The Kier molecular flexibility index (Phi) is 2.92. The lowest BCUT2D eigenvalue weighted by Crippen LogP contribution is -1.97. The van der Waals surface area contributed by atoms with E-state index in [4.69, 9.17) is 9.47 Å². The van der Waals surface area contributed by atoms with E-state index in [2.05, 4.69) is 35.8 Å². The number of nitrogens with zero attached hydrogens (tertiary/aromatic N) is 2. The fourth-order valence-electron chi connectivity index (χ4n) is 3.91. The van der Waals surface area contributed by atoms with E-state index in [-0.39, 0.29) is 6.79 Å². The average molecular weight is 328 g/mol. The van der Waals surface area contributed by atoms with Gasteiger partial charge in [-0.05, 0) is 36.1 Å². The van der Waals surface area contributed by atoms with Crippen LogP contribution < -0.4 is 9.47 Å². The molecule has 4 aromatic rings. The molecule has 0 atom stereocenters. The van der Waals surface area contributed by atoms with Gasteiger partial charge < -0.3 is 14.0 Å². The van der Waals surface area contributed by atoms with Gasteiger partial charge in [0.05, 0.1) is 17.1 Å². The third kappa shape index (κ3) is 1.87. The Balaban J connectivity index is 2.06. The van der Waals surface area contributed by atoms with Crippen LogP contribution in [-0.4, -0.2) is 11.4 Å². The van der Waals surface area contributed by atoms with Crippen molar-refractivity contribution in [1.29, 1.82) is 5.26 Å². The van der Waals surface area contributed by atoms with Gasteiger partial charge in [-0.1, -0.05) is 25.1 Å². The van der Waals surface area contributed by atoms with Gasteiger partial charge in [-0.2, -0.15) is 5.26 Å². The fraction of sp³-hybridized carbons (Fsp3) is 0.190. The Hall–Kier alpha value is -3.19. The highest BCUT2D eigenvalue weighted by Gasteiger charge is 2.20. The second-order valence-corrected chi connectivity index (χ2v) is 6.35. The largest absolute Gasteiger partial charge is 0.454 e. The molecule has 0 unspecified atom stereocenters. The van der Waals surface area contributed by atoms with Crippen LogP contribution >= 0.6 is 0 Å². The summed E-state index contributed by atoms with van der Waals surface area (Å²) in [6.07, 6.45) is 1.02. The summed E-state index contributed by atoms with van der Waals surface area (Å²) in [5.41, 5.74) is 2.98. The molecule has 0 fully saturated rings. The molecule has 0 saturated carbocycles. The van der Waals surface area contributed by atoms with Crippen molar-refractivity contribution in [2.75, 3.05) is 6.79 Å². The Morgan fingerprint density at radius 3 is 2.68 bits per heavy atom. The predicted octanol–water partition coefficient (Wildman–Crippen LogP) is 4.96. The molecule has 122 valence electrons. The Morgan fingerprint density at radius 2 is 1.88 bits per heavy atom. The summed E-state index contributed by atoms with van der Waals surface area (Å²) in [7, 11) is 0. The first kappa shape index (κ1) is 14.2. The topological polar surface area (TPSA) is 47.2 Å². The van der Waals surface area contributed by atoms with E-state index >= 15 is 0 Å². The minimum atomic E-state index is 0.248. The minimum absolute atomic E-state index is 0.248. The van der Waals surface area contributed by atoms with Crippen LogP contribution in [0.25, 0.3) is 32.6 Å². The van der Waals surface area contributed by atoms with Crippen molar-refractivity contribution >= 4 is 32.6 Å². The second-order valence-electron chi connectivity index (χ2n) is 6.35. The lowest BCUT2D eigenvalue weighted by molar-refractivity contribution is 0.174. The number of fused-ring (bicyclic) bond motifs is 6. The van der Waals surface area contributed by atoms with Gasteiger partial charge in [0, 0.05) is 28.2 Å². The van der Waals surface area contributed by atoms with Crippen LogP contribution in [0.3, 0.4) is 0 Å². The molecule has 0 aliphatic carbocycles. The van der Waals surface area contributed by atoms with E-state index < -0.39 is 0 Å². The van der Waals surface area contributed by atoms with E-state index in [1.807, 2.05) is 24.3 Å². The van der Waals surface area contributed by atoms with Crippen molar-refractivity contribution in [3.63, 3.8) is 0 Å². The molecule has 5 rings (SSSR count). The molecular weight excluding hydrogens is 312 g/mol. The van der Waals surface area contributed by atoms with Gasteiger partial charge in [0.15, 0.2) is 11.5 Å². The molecule has 1 aromatic heterocycles. The number of aromatic nitrogens is 1. The summed E-state index contributed by atoms with van der Waals surface area (Å²) < 4.78 is 13.4. The highest BCUT2D eigenvalue weighted by atomic mass is 16.7. The van der Waals surface area contributed by atoms with Crippen molar-refractivity contribution in [2.24, 2.45) is 0 Å². The maximum atomic E-state index is 9.77. The van der Waals surface area contributed by atoms with Gasteiger partial charge in [0.1, 0.15) is 0 Å². The van der Waals surface area contributed by atoms with Crippen LogP contribution in [0, 0.1) is 11.3 Å². The number of hydrogen-bond donors (Lipinski definition) is 0. The number of hydrogen-bond acceptors (Lipinski definition) is 3. The van der Waals surface area contributed by atoms with Gasteiger partial charge in [-0.15, -0.1) is 0 Å². The van der Waals surface area contributed by atoms with Crippen molar-refractivity contribution in [2.45, 2.75) is 19.9 Å². The molecule has 0 amide bonds. The summed E-state index contributed by atoms with van der Waals surface area (Å²) in [6.45, 7) is 3.33. The van der Waals surface area contributed by atoms with Gasteiger partial charge >= 0.3 is 0 Å². The molecule has 0 bridgehead atoms. The minimum Gasteiger partial charge on any atom is -0.454 e. The van der Waals surface area contributed by atoms with Gasteiger partial charge in [-0.25, -0.2) is 0 Å². The highest BCUT2D eigenvalue weighted by Crippen LogP contribution is 2.42. The number of ether oxygens (including phenoxy) is 2. The van der Waals surface area contributed by atoms with E-state index in [1.54, 1.807) is 0 Å². The zero-order valence-corrected chi connectivity index (χ0v) is 13.9. The first-order valence-corrected chi connectivity index (χ1v) is 8.49. The molecule has 3 aromatic carbocycles. The van der Waals surface area contributed by atoms with Crippen LogP contribution in [0.5, 0.6) is 11.5 Å².